The number of nitrogens with one attached hydrogen (secondary N) is 2. The summed E-state index contributed by atoms with van der Waals surface area (Å²) in [5, 5.41) is 6.61. The minimum absolute atomic E-state index is 0.0631. The first-order valence-corrected chi connectivity index (χ1v) is 8.32. The summed E-state index contributed by atoms with van der Waals surface area (Å²) >= 11 is 0. The van der Waals surface area contributed by atoms with Crippen LogP contribution in [0.15, 0.2) is 45.8 Å². The van der Waals surface area contributed by atoms with E-state index in [1.807, 2.05) is 44.2 Å². The summed E-state index contributed by atoms with van der Waals surface area (Å²) in [5.74, 6) is 3.52. The van der Waals surface area contributed by atoms with Crippen LogP contribution in [0.25, 0.3) is 0 Å². The SMILES string of the molecule is CN=C(NCCCOc1ccccc1C)NC(C)c1ccc(C)o1. The van der Waals surface area contributed by atoms with Gasteiger partial charge in [0.2, 0.25) is 0 Å². The minimum atomic E-state index is 0.0631. The van der Waals surface area contributed by atoms with Crippen LogP contribution in [0.5, 0.6) is 5.75 Å². The quantitative estimate of drug-likeness (QED) is 0.463. The van der Waals surface area contributed by atoms with Crippen LogP contribution in [0.3, 0.4) is 0 Å². The van der Waals surface area contributed by atoms with E-state index >= 15 is 0 Å². The molecule has 5 heteroatoms. The van der Waals surface area contributed by atoms with E-state index in [1.165, 1.54) is 0 Å². The number of furan rings is 1. The van der Waals surface area contributed by atoms with E-state index in [-0.39, 0.29) is 6.04 Å². The van der Waals surface area contributed by atoms with Gasteiger partial charge in [-0.15, -0.1) is 0 Å². The molecule has 2 N–H and O–H groups in total. The highest BCUT2D eigenvalue weighted by Crippen LogP contribution is 2.16. The van der Waals surface area contributed by atoms with Crippen molar-refractivity contribution >= 4 is 5.96 Å². The van der Waals surface area contributed by atoms with Gasteiger partial charge >= 0.3 is 0 Å². The van der Waals surface area contributed by atoms with E-state index in [1.54, 1.807) is 7.05 Å². The van der Waals surface area contributed by atoms with Crippen molar-refractivity contribution < 1.29 is 9.15 Å². The van der Waals surface area contributed by atoms with Crippen LogP contribution >= 0.6 is 0 Å². The van der Waals surface area contributed by atoms with Gasteiger partial charge in [0.15, 0.2) is 5.96 Å². The second-order valence-electron chi connectivity index (χ2n) is 5.78. The third-order valence-corrected chi connectivity index (χ3v) is 3.73. The van der Waals surface area contributed by atoms with Crippen LogP contribution in [-0.2, 0) is 0 Å². The molecule has 0 amide bonds. The molecule has 0 saturated carbocycles. The Morgan fingerprint density at radius 1 is 1.21 bits per heavy atom. The van der Waals surface area contributed by atoms with Gasteiger partial charge in [0.05, 0.1) is 12.6 Å². The Morgan fingerprint density at radius 2 is 2.00 bits per heavy atom. The molecule has 1 heterocycles. The van der Waals surface area contributed by atoms with E-state index in [2.05, 4.69) is 28.6 Å². The van der Waals surface area contributed by atoms with E-state index in [4.69, 9.17) is 9.15 Å². The molecule has 1 atom stereocenters. The maximum Gasteiger partial charge on any atom is 0.191 e. The van der Waals surface area contributed by atoms with Crippen LogP contribution in [0.2, 0.25) is 0 Å². The van der Waals surface area contributed by atoms with Gasteiger partial charge < -0.3 is 19.8 Å². The molecule has 1 unspecified atom stereocenters. The van der Waals surface area contributed by atoms with E-state index < -0.39 is 0 Å². The summed E-state index contributed by atoms with van der Waals surface area (Å²) in [6.45, 7) is 7.50. The number of aryl methyl sites for hydroxylation is 2. The number of nitrogens with zero attached hydrogens (tertiary/aromatic N) is 1. The monoisotopic (exact) mass is 329 g/mol. The van der Waals surface area contributed by atoms with Gasteiger partial charge in [-0.25, -0.2) is 0 Å². The van der Waals surface area contributed by atoms with Crippen molar-refractivity contribution in [1.29, 1.82) is 0 Å². The minimum Gasteiger partial charge on any atom is -0.493 e. The van der Waals surface area contributed by atoms with Crippen LogP contribution in [0, 0.1) is 13.8 Å². The zero-order chi connectivity index (χ0) is 17.4. The third kappa shape index (κ3) is 5.33. The third-order valence-electron chi connectivity index (χ3n) is 3.73. The molecule has 5 nitrogen and oxygen atoms in total. The van der Waals surface area contributed by atoms with Crippen LogP contribution < -0.4 is 15.4 Å². The molecule has 0 radical (unpaired) electrons. The molecule has 1 aromatic carbocycles. The predicted octanol–water partition coefficient (Wildman–Crippen LogP) is 3.59. The molecule has 0 aliphatic heterocycles. The Labute approximate surface area is 144 Å². The zero-order valence-corrected chi connectivity index (χ0v) is 14.9. The lowest BCUT2D eigenvalue weighted by atomic mass is 10.2. The lowest BCUT2D eigenvalue weighted by Crippen LogP contribution is -2.39. The predicted molar refractivity (Wildman–Crippen MR) is 97.6 cm³/mol. The fourth-order valence-corrected chi connectivity index (χ4v) is 2.34. The first-order valence-electron chi connectivity index (χ1n) is 8.32. The van der Waals surface area contributed by atoms with E-state index in [0.29, 0.717) is 6.61 Å². The van der Waals surface area contributed by atoms with Gasteiger partial charge in [-0.2, -0.15) is 0 Å². The van der Waals surface area contributed by atoms with E-state index in [0.717, 1.165) is 41.8 Å². The second-order valence-corrected chi connectivity index (χ2v) is 5.78. The van der Waals surface area contributed by atoms with Gasteiger partial charge in [0.1, 0.15) is 17.3 Å². The summed E-state index contributed by atoms with van der Waals surface area (Å²) in [4.78, 5) is 4.24. The highest BCUT2D eigenvalue weighted by atomic mass is 16.5. The van der Waals surface area contributed by atoms with Gasteiger partial charge in [-0.1, -0.05) is 18.2 Å². The smallest absolute Gasteiger partial charge is 0.191 e. The van der Waals surface area contributed by atoms with Gasteiger partial charge in [-0.05, 0) is 51.0 Å². The lowest BCUT2D eigenvalue weighted by Gasteiger charge is -2.16. The van der Waals surface area contributed by atoms with E-state index in [9.17, 15) is 0 Å². The summed E-state index contributed by atoms with van der Waals surface area (Å²) in [6.07, 6.45) is 0.892. The molecule has 2 aromatic rings. The maximum absolute atomic E-state index is 5.79. The van der Waals surface area contributed by atoms with Gasteiger partial charge in [0, 0.05) is 13.6 Å². The molecule has 130 valence electrons. The van der Waals surface area contributed by atoms with Crippen molar-refractivity contribution in [3.8, 4) is 5.75 Å². The topological polar surface area (TPSA) is 58.8 Å². The Kier molecular flexibility index (Phi) is 6.73. The number of benzene rings is 1. The summed E-state index contributed by atoms with van der Waals surface area (Å²) in [5.41, 5.74) is 1.16. The normalized spacial score (nSPS) is 12.8. The van der Waals surface area contributed by atoms with Gasteiger partial charge in [0.25, 0.3) is 0 Å². The van der Waals surface area contributed by atoms with Crippen LogP contribution in [0.4, 0.5) is 0 Å². The Morgan fingerprint density at radius 3 is 2.67 bits per heavy atom. The summed E-state index contributed by atoms with van der Waals surface area (Å²) in [6, 6.07) is 12.1. The standard InChI is InChI=1S/C19H27N3O2/c1-14-8-5-6-9-17(14)23-13-7-12-21-19(20-4)22-16(3)18-11-10-15(2)24-18/h5-6,8-11,16H,7,12-13H2,1-4H3,(H2,20,21,22). The number of hydrogen-bond acceptors (Lipinski definition) is 3. The molecule has 1 aromatic heterocycles. The summed E-state index contributed by atoms with van der Waals surface area (Å²) in [7, 11) is 1.76. The molecular formula is C19H27N3O2. The Balaban J connectivity index is 1.69. The summed E-state index contributed by atoms with van der Waals surface area (Å²) < 4.78 is 11.4. The molecular weight excluding hydrogens is 302 g/mol. The fourth-order valence-electron chi connectivity index (χ4n) is 2.34. The maximum atomic E-state index is 5.79. The van der Waals surface area contributed by atoms with Crippen molar-refractivity contribution in [3.05, 3.63) is 53.5 Å². The molecule has 24 heavy (non-hydrogen) atoms. The first kappa shape index (κ1) is 17.9. The molecule has 2 rings (SSSR count). The number of para-hydroxylation sites is 1. The Hall–Kier alpha value is -2.43. The molecule has 0 fully saturated rings. The van der Waals surface area contributed by atoms with Crippen molar-refractivity contribution in [2.45, 2.75) is 33.2 Å². The van der Waals surface area contributed by atoms with Crippen molar-refractivity contribution in [3.63, 3.8) is 0 Å². The number of hydrogen-bond donors (Lipinski definition) is 2. The lowest BCUT2D eigenvalue weighted by molar-refractivity contribution is 0.309. The number of guanidine groups is 1. The Bertz CT molecular complexity index is 664. The molecule has 0 aliphatic carbocycles. The number of aliphatic imine (C=N–C) groups is 1. The second kappa shape index (κ2) is 9.01. The average Bonchev–Trinajstić information content (AvgIpc) is 3.01. The largest absolute Gasteiger partial charge is 0.493 e. The van der Waals surface area contributed by atoms with Crippen molar-refractivity contribution in [2.75, 3.05) is 20.2 Å². The molecule has 0 bridgehead atoms. The highest BCUT2D eigenvalue weighted by molar-refractivity contribution is 5.79. The first-order chi connectivity index (χ1) is 11.6. The number of rotatable bonds is 7. The van der Waals surface area contributed by atoms with Crippen LogP contribution in [0.1, 0.15) is 36.5 Å². The molecule has 0 saturated heterocycles. The molecule has 0 spiro atoms. The fraction of sp³-hybridized carbons (Fsp3) is 0.421. The highest BCUT2D eigenvalue weighted by Gasteiger charge is 2.10. The van der Waals surface area contributed by atoms with Crippen molar-refractivity contribution in [1.82, 2.24) is 10.6 Å². The zero-order valence-electron chi connectivity index (χ0n) is 14.9. The average molecular weight is 329 g/mol. The van der Waals surface area contributed by atoms with Gasteiger partial charge in [-0.3, -0.25) is 4.99 Å². The van der Waals surface area contributed by atoms with Crippen molar-refractivity contribution in [2.24, 2.45) is 4.99 Å². The van der Waals surface area contributed by atoms with Crippen LogP contribution in [-0.4, -0.2) is 26.2 Å². The number of ether oxygens (including phenoxy) is 1. The molecule has 0 aliphatic rings.